The second-order valence-electron chi connectivity index (χ2n) is 3.93. The molecule has 1 atom stereocenters. The number of rotatable bonds is 5. The van der Waals surface area contributed by atoms with E-state index >= 15 is 0 Å². The molecule has 1 aromatic heterocycles. The first-order chi connectivity index (χ1) is 7.99. The Bertz CT molecular complexity index is 365. The number of aliphatic hydroxyl groups is 1. The highest BCUT2D eigenvalue weighted by Crippen LogP contribution is 2.02. The monoisotopic (exact) mass is 239 g/mol. The second kappa shape index (κ2) is 6.27. The fourth-order valence-corrected chi connectivity index (χ4v) is 1.03. The first-order valence-electron chi connectivity index (χ1n) is 5.38. The molecule has 0 spiro atoms. The lowest BCUT2D eigenvalue weighted by Crippen LogP contribution is -2.33. The predicted octanol–water partition coefficient (Wildman–Crippen LogP) is 0.509. The van der Waals surface area contributed by atoms with Crippen LogP contribution < -0.4 is 5.32 Å². The molecule has 0 aliphatic heterocycles. The van der Waals surface area contributed by atoms with E-state index < -0.39 is 12.0 Å². The number of anilines is 1. The Balaban J connectivity index is 2.45. The van der Waals surface area contributed by atoms with Crippen LogP contribution in [0.15, 0.2) is 12.4 Å². The maximum atomic E-state index is 11.5. The lowest BCUT2D eigenvalue weighted by molar-refractivity contribution is -0.127. The second-order valence-corrected chi connectivity index (χ2v) is 3.93. The van der Waals surface area contributed by atoms with Crippen molar-refractivity contribution in [2.45, 2.75) is 33.0 Å². The molecule has 6 nitrogen and oxygen atoms in total. The third-order valence-electron chi connectivity index (χ3n) is 1.92. The van der Waals surface area contributed by atoms with Crippen molar-refractivity contribution in [2.24, 2.45) is 0 Å². The molecule has 0 saturated heterocycles. The molecular weight excluding hydrogens is 222 g/mol. The van der Waals surface area contributed by atoms with Crippen LogP contribution in [0.4, 0.5) is 5.82 Å². The van der Waals surface area contributed by atoms with Gasteiger partial charge in [0.15, 0.2) is 11.9 Å². The highest BCUT2D eigenvalue weighted by molar-refractivity contribution is 5.93. The van der Waals surface area contributed by atoms with Crippen LogP contribution >= 0.6 is 0 Å². The molecule has 17 heavy (non-hydrogen) atoms. The fraction of sp³-hybridized carbons (Fsp3) is 0.545. The lowest BCUT2D eigenvalue weighted by Gasteiger charge is -2.13. The summed E-state index contributed by atoms with van der Waals surface area (Å²) in [5.74, 6) is -0.243. The molecule has 0 fully saturated rings. The molecule has 0 saturated carbocycles. The third-order valence-corrected chi connectivity index (χ3v) is 1.92. The van der Waals surface area contributed by atoms with Crippen LogP contribution in [-0.4, -0.2) is 39.8 Å². The highest BCUT2D eigenvalue weighted by Gasteiger charge is 2.16. The van der Waals surface area contributed by atoms with Gasteiger partial charge >= 0.3 is 0 Å². The third kappa shape index (κ3) is 4.88. The molecule has 94 valence electrons. The first-order valence-corrected chi connectivity index (χ1v) is 5.38. The zero-order valence-corrected chi connectivity index (χ0v) is 10.2. The smallest absolute Gasteiger partial charge is 0.256 e. The van der Waals surface area contributed by atoms with Crippen molar-refractivity contribution in [1.82, 2.24) is 9.97 Å². The summed E-state index contributed by atoms with van der Waals surface area (Å²) >= 11 is 0. The van der Waals surface area contributed by atoms with E-state index in [4.69, 9.17) is 4.74 Å². The van der Waals surface area contributed by atoms with Crippen LogP contribution in [0.5, 0.6) is 0 Å². The van der Waals surface area contributed by atoms with Gasteiger partial charge in [0.2, 0.25) is 0 Å². The molecule has 1 amide bonds. The van der Waals surface area contributed by atoms with E-state index in [9.17, 15) is 9.90 Å². The van der Waals surface area contributed by atoms with Gasteiger partial charge < -0.3 is 15.2 Å². The molecular formula is C11H17N3O3. The van der Waals surface area contributed by atoms with Crippen molar-refractivity contribution < 1.29 is 14.6 Å². The maximum Gasteiger partial charge on any atom is 0.256 e. The van der Waals surface area contributed by atoms with E-state index in [0.29, 0.717) is 5.82 Å². The number of carbonyl (C=O) groups excluding carboxylic acids is 1. The molecule has 1 unspecified atom stereocenters. The van der Waals surface area contributed by atoms with Crippen LogP contribution in [0.3, 0.4) is 0 Å². The summed E-state index contributed by atoms with van der Waals surface area (Å²) in [5.41, 5.74) is 0.756. The quantitative estimate of drug-likeness (QED) is 0.782. The van der Waals surface area contributed by atoms with Gasteiger partial charge in [-0.15, -0.1) is 0 Å². The summed E-state index contributed by atoms with van der Waals surface area (Å²) in [7, 11) is 0. The molecule has 0 bridgehead atoms. The van der Waals surface area contributed by atoms with Gasteiger partial charge in [-0.05, 0) is 20.8 Å². The average Bonchev–Trinajstić information content (AvgIpc) is 2.28. The van der Waals surface area contributed by atoms with Crippen LogP contribution in [0.1, 0.15) is 19.5 Å². The zero-order valence-electron chi connectivity index (χ0n) is 10.2. The van der Waals surface area contributed by atoms with Gasteiger partial charge in [0, 0.05) is 0 Å². The minimum Gasteiger partial charge on any atom is -0.381 e. The van der Waals surface area contributed by atoms with Crippen molar-refractivity contribution in [2.75, 3.05) is 11.9 Å². The Morgan fingerprint density at radius 1 is 1.47 bits per heavy atom. The van der Waals surface area contributed by atoms with Gasteiger partial charge in [-0.25, -0.2) is 4.98 Å². The number of nitrogens with zero attached hydrogens (tertiary/aromatic N) is 2. The molecule has 6 heteroatoms. The normalized spacial score (nSPS) is 12.5. The summed E-state index contributed by atoms with van der Waals surface area (Å²) < 4.78 is 5.13. The molecule has 2 N–H and O–H groups in total. The van der Waals surface area contributed by atoms with Crippen molar-refractivity contribution in [3.8, 4) is 0 Å². The van der Waals surface area contributed by atoms with Crippen LogP contribution in [-0.2, 0) is 9.53 Å². The van der Waals surface area contributed by atoms with Gasteiger partial charge in [0.05, 0.1) is 30.8 Å². The van der Waals surface area contributed by atoms with Crippen molar-refractivity contribution >= 4 is 11.7 Å². The molecule has 0 aromatic carbocycles. The summed E-state index contributed by atoms with van der Waals surface area (Å²) in [6.45, 7) is 5.42. The number of amides is 1. The van der Waals surface area contributed by atoms with E-state index in [2.05, 4.69) is 15.3 Å². The van der Waals surface area contributed by atoms with E-state index in [0.717, 1.165) is 5.69 Å². The van der Waals surface area contributed by atoms with E-state index in [-0.39, 0.29) is 12.7 Å². The summed E-state index contributed by atoms with van der Waals surface area (Å²) in [6.07, 6.45) is 1.73. The Morgan fingerprint density at radius 2 is 2.18 bits per heavy atom. The molecule has 1 heterocycles. The van der Waals surface area contributed by atoms with Crippen LogP contribution in [0.25, 0.3) is 0 Å². The summed E-state index contributed by atoms with van der Waals surface area (Å²) in [6, 6.07) is 0. The number of aryl methyl sites for hydroxylation is 1. The van der Waals surface area contributed by atoms with Crippen LogP contribution in [0.2, 0.25) is 0 Å². The van der Waals surface area contributed by atoms with Crippen LogP contribution in [0, 0.1) is 6.92 Å². The lowest BCUT2D eigenvalue weighted by atomic mass is 10.3. The maximum absolute atomic E-state index is 11.5. The highest BCUT2D eigenvalue weighted by atomic mass is 16.5. The van der Waals surface area contributed by atoms with Gasteiger partial charge in [0.1, 0.15) is 0 Å². The van der Waals surface area contributed by atoms with Crippen molar-refractivity contribution in [1.29, 1.82) is 0 Å². The Hall–Kier alpha value is -1.53. The SMILES string of the molecule is Cc1cnc(NC(=O)C(O)COC(C)C)cn1. The average molecular weight is 239 g/mol. The fourth-order valence-electron chi connectivity index (χ4n) is 1.03. The number of aromatic nitrogens is 2. The number of carbonyl (C=O) groups is 1. The summed E-state index contributed by atoms with van der Waals surface area (Å²) in [5, 5.41) is 11.9. The van der Waals surface area contributed by atoms with Gasteiger partial charge in [-0.2, -0.15) is 0 Å². The minimum atomic E-state index is -1.21. The Labute approximate surface area is 100 Å². The van der Waals surface area contributed by atoms with Gasteiger partial charge in [0.25, 0.3) is 5.91 Å². The first kappa shape index (κ1) is 13.5. The van der Waals surface area contributed by atoms with E-state index in [1.54, 1.807) is 6.92 Å². The number of hydrogen-bond acceptors (Lipinski definition) is 5. The Morgan fingerprint density at radius 3 is 2.71 bits per heavy atom. The topological polar surface area (TPSA) is 84.3 Å². The van der Waals surface area contributed by atoms with Gasteiger partial charge in [-0.1, -0.05) is 0 Å². The summed E-state index contributed by atoms with van der Waals surface area (Å²) in [4.78, 5) is 19.4. The zero-order chi connectivity index (χ0) is 12.8. The Kier molecular flexibility index (Phi) is 4.99. The van der Waals surface area contributed by atoms with Gasteiger partial charge in [-0.3, -0.25) is 9.78 Å². The van der Waals surface area contributed by atoms with E-state index in [1.165, 1.54) is 12.4 Å². The predicted molar refractivity (Wildman–Crippen MR) is 62.5 cm³/mol. The molecule has 0 aliphatic rings. The molecule has 1 aromatic rings. The largest absolute Gasteiger partial charge is 0.381 e. The number of nitrogens with one attached hydrogen (secondary N) is 1. The molecule has 0 radical (unpaired) electrons. The number of hydrogen-bond donors (Lipinski definition) is 2. The molecule has 1 rings (SSSR count). The van der Waals surface area contributed by atoms with Crippen molar-refractivity contribution in [3.05, 3.63) is 18.1 Å². The van der Waals surface area contributed by atoms with E-state index in [1.807, 2.05) is 13.8 Å². The van der Waals surface area contributed by atoms with Crippen molar-refractivity contribution in [3.63, 3.8) is 0 Å². The minimum absolute atomic E-state index is 0.0309. The number of aliphatic hydroxyl groups excluding tert-OH is 1. The molecule has 0 aliphatic carbocycles. The number of ether oxygens (including phenoxy) is 1. The standard InChI is InChI=1S/C11H17N3O3/c1-7(2)17-6-9(15)11(16)14-10-5-12-8(3)4-13-10/h4-5,7,9,15H,6H2,1-3H3,(H,13,14,16).